The van der Waals surface area contributed by atoms with E-state index in [2.05, 4.69) is 5.32 Å². The Morgan fingerprint density at radius 1 is 1.35 bits per heavy atom. The van der Waals surface area contributed by atoms with E-state index >= 15 is 0 Å². The Morgan fingerprint density at radius 3 is 2.45 bits per heavy atom. The number of amides is 1. The second-order valence-electron chi connectivity index (χ2n) is 4.95. The van der Waals surface area contributed by atoms with Crippen molar-refractivity contribution in [3.05, 3.63) is 0 Å². The molecule has 0 radical (unpaired) electrons. The van der Waals surface area contributed by atoms with E-state index < -0.39 is 38.8 Å². The fraction of sp³-hybridized carbons (Fsp3) is 0.833. The van der Waals surface area contributed by atoms with E-state index in [1.54, 1.807) is 0 Å². The lowest BCUT2D eigenvalue weighted by Gasteiger charge is -2.15. The predicted molar refractivity (Wildman–Crippen MR) is 72.1 cm³/mol. The number of sulfone groups is 1. The highest BCUT2D eigenvalue weighted by atomic mass is 32.2. The molecule has 0 aromatic heterocycles. The van der Waals surface area contributed by atoms with Gasteiger partial charge in [0, 0.05) is 20.1 Å². The topological polar surface area (TPSA) is 110 Å². The fourth-order valence-corrected chi connectivity index (χ4v) is 4.01. The molecule has 0 aromatic rings. The van der Waals surface area contributed by atoms with Crippen molar-refractivity contribution in [1.29, 1.82) is 0 Å². The minimum absolute atomic E-state index is 0.0983. The van der Waals surface area contributed by atoms with Crippen LogP contribution in [0.3, 0.4) is 0 Å². The minimum Gasteiger partial charge on any atom is -0.480 e. The Balaban J connectivity index is 2.54. The molecular formula is C12H21NO6S. The van der Waals surface area contributed by atoms with Gasteiger partial charge in [0.15, 0.2) is 9.84 Å². The summed E-state index contributed by atoms with van der Waals surface area (Å²) in [5.74, 6) is -2.61. The lowest BCUT2D eigenvalue weighted by Crippen LogP contribution is -2.44. The molecule has 0 spiro atoms. The van der Waals surface area contributed by atoms with Crippen LogP contribution < -0.4 is 5.32 Å². The van der Waals surface area contributed by atoms with Crippen LogP contribution in [0.5, 0.6) is 0 Å². The summed E-state index contributed by atoms with van der Waals surface area (Å²) < 4.78 is 28.7. The largest absolute Gasteiger partial charge is 0.480 e. The van der Waals surface area contributed by atoms with Crippen LogP contribution in [-0.2, 0) is 24.2 Å². The smallest absolute Gasteiger partial charge is 0.326 e. The van der Waals surface area contributed by atoms with Gasteiger partial charge in [0.1, 0.15) is 11.8 Å². The van der Waals surface area contributed by atoms with Crippen molar-refractivity contribution in [3.63, 3.8) is 0 Å². The fourth-order valence-electron chi connectivity index (χ4n) is 2.28. The maximum Gasteiger partial charge on any atom is 0.326 e. The van der Waals surface area contributed by atoms with E-state index in [0.29, 0.717) is 12.8 Å². The molecule has 1 unspecified atom stereocenters. The number of hydrogen-bond donors (Lipinski definition) is 2. The SMILES string of the molecule is COCCC(NC(=O)CS(=O)(=O)C1CCCC1)C(=O)O. The third-order valence-corrected chi connectivity index (χ3v) is 5.54. The highest BCUT2D eigenvalue weighted by Gasteiger charge is 2.31. The van der Waals surface area contributed by atoms with Gasteiger partial charge in [0.25, 0.3) is 0 Å². The molecule has 0 aromatic carbocycles. The van der Waals surface area contributed by atoms with E-state index in [9.17, 15) is 18.0 Å². The summed E-state index contributed by atoms with van der Waals surface area (Å²) in [7, 11) is -2.07. The highest BCUT2D eigenvalue weighted by molar-refractivity contribution is 7.92. The number of hydrogen-bond acceptors (Lipinski definition) is 5. The van der Waals surface area contributed by atoms with Crippen LogP contribution in [0, 0.1) is 0 Å². The van der Waals surface area contributed by atoms with E-state index in [0.717, 1.165) is 12.8 Å². The van der Waals surface area contributed by atoms with Crippen LogP contribution in [-0.4, -0.2) is 56.2 Å². The average molecular weight is 307 g/mol. The molecule has 0 aliphatic heterocycles. The second kappa shape index (κ2) is 7.58. The summed E-state index contributed by atoms with van der Waals surface area (Å²) in [5, 5.41) is 10.7. The lowest BCUT2D eigenvalue weighted by atomic mass is 10.2. The molecule has 1 fully saturated rings. The van der Waals surface area contributed by atoms with E-state index in [1.807, 2.05) is 0 Å². The Labute approximate surface area is 118 Å². The molecule has 116 valence electrons. The lowest BCUT2D eigenvalue weighted by molar-refractivity contribution is -0.142. The summed E-state index contributed by atoms with van der Waals surface area (Å²) in [6, 6.07) is -1.12. The van der Waals surface area contributed by atoms with Crippen molar-refractivity contribution >= 4 is 21.7 Å². The third-order valence-electron chi connectivity index (χ3n) is 3.39. The van der Waals surface area contributed by atoms with E-state index in [-0.39, 0.29) is 13.0 Å². The Hall–Kier alpha value is -1.15. The molecule has 1 atom stereocenters. The number of carboxylic acids is 1. The van der Waals surface area contributed by atoms with Gasteiger partial charge in [-0.15, -0.1) is 0 Å². The summed E-state index contributed by atoms with van der Waals surface area (Å²) >= 11 is 0. The van der Waals surface area contributed by atoms with Gasteiger partial charge in [0.2, 0.25) is 5.91 Å². The molecule has 0 saturated heterocycles. The van der Waals surface area contributed by atoms with Gasteiger partial charge < -0.3 is 15.2 Å². The standard InChI is InChI=1S/C12H21NO6S/c1-19-7-6-10(12(15)16)13-11(14)8-20(17,18)9-4-2-3-5-9/h9-10H,2-8H2,1H3,(H,13,14)(H,15,16). The second-order valence-corrected chi connectivity index (χ2v) is 7.23. The van der Waals surface area contributed by atoms with E-state index in [1.165, 1.54) is 7.11 Å². The zero-order valence-corrected chi connectivity index (χ0v) is 12.3. The van der Waals surface area contributed by atoms with Crippen molar-refractivity contribution in [1.82, 2.24) is 5.32 Å². The quantitative estimate of drug-likeness (QED) is 0.650. The molecule has 1 rings (SSSR count). The Kier molecular flexibility index (Phi) is 6.41. The molecule has 0 bridgehead atoms. The van der Waals surface area contributed by atoms with Crippen LogP contribution in [0.25, 0.3) is 0 Å². The van der Waals surface area contributed by atoms with Crippen LogP contribution in [0.4, 0.5) is 0 Å². The molecule has 1 saturated carbocycles. The van der Waals surface area contributed by atoms with Crippen molar-refractivity contribution < 1.29 is 27.9 Å². The maximum absolute atomic E-state index is 12.0. The van der Waals surface area contributed by atoms with Crippen molar-refractivity contribution in [2.75, 3.05) is 19.5 Å². The van der Waals surface area contributed by atoms with Gasteiger partial charge in [0.05, 0.1) is 5.25 Å². The van der Waals surface area contributed by atoms with Crippen LogP contribution in [0.1, 0.15) is 32.1 Å². The van der Waals surface area contributed by atoms with Crippen LogP contribution >= 0.6 is 0 Å². The van der Waals surface area contributed by atoms with E-state index in [4.69, 9.17) is 9.84 Å². The highest BCUT2D eigenvalue weighted by Crippen LogP contribution is 2.25. The molecular weight excluding hydrogens is 286 g/mol. The average Bonchev–Trinajstić information content (AvgIpc) is 2.87. The first-order chi connectivity index (χ1) is 9.36. The normalized spacial score (nSPS) is 17.9. The number of carbonyl (C=O) groups is 2. The summed E-state index contributed by atoms with van der Waals surface area (Å²) in [6.45, 7) is 0.173. The van der Waals surface area contributed by atoms with Crippen molar-refractivity contribution in [2.45, 2.75) is 43.4 Å². The van der Waals surface area contributed by atoms with Crippen LogP contribution in [0.15, 0.2) is 0 Å². The number of carboxylic acid groups (broad SMARTS) is 1. The molecule has 20 heavy (non-hydrogen) atoms. The Bertz CT molecular complexity index is 441. The minimum atomic E-state index is -3.49. The van der Waals surface area contributed by atoms with Crippen molar-refractivity contribution in [2.24, 2.45) is 0 Å². The third kappa shape index (κ3) is 5.09. The zero-order chi connectivity index (χ0) is 15.2. The molecule has 7 nitrogen and oxygen atoms in total. The monoisotopic (exact) mass is 307 g/mol. The van der Waals surface area contributed by atoms with Gasteiger partial charge >= 0.3 is 5.97 Å². The first-order valence-electron chi connectivity index (χ1n) is 6.59. The maximum atomic E-state index is 12.0. The van der Waals surface area contributed by atoms with Crippen LogP contribution in [0.2, 0.25) is 0 Å². The Morgan fingerprint density at radius 2 is 1.95 bits per heavy atom. The van der Waals surface area contributed by atoms with Gasteiger partial charge in [-0.1, -0.05) is 12.8 Å². The molecule has 1 aliphatic rings. The number of aliphatic carboxylic acids is 1. The van der Waals surface area contributed by atoms with Gasteiger partial charge in [-0.2, -0.15) is 0 Å². The number of methoxy groups -OCH3 is 1. The molecule has 0 heterocycles. The number of nitrogens with one attached hydrogen (secondary N) is 1. The summed E-state index contributed by atoms with van der Waals surface area (Å²) in [4.78, 5) is 22.6. The molecule has 1 aliphatic carbocycles. The van der Waals surface area contributed by atoms with Gasteiger partial charge in [-0.25, -0.2) is 13.2 Å². The summed E-state index contributed by atoms with van der Waals surface area (Å²) in [6.07, 6.45) is 2.98. The number of carbonyl (C=O) groups excluding carboxylic acids is 1. The first kappa shape index (κ1) is 16.9. The number of ether oxygens (including phenoxy) is 1. The molecule has 8 heteroatoms. The van der Waals surface area contributed by atoms with Gasteiger partial charge in [-0.3, -0.25) is 4.79 Å². The molecule has 2 N–H and O–H groups in total. The van der Waals surface area contributed by atoms with Gasteiger partial charge in [-0.05, 0) is 12.8 Å². The number of rotatable bonds is 8. The summed E-state index contributed by atoms with van der Waals surface area (Å²) in [5.41, 5.74) is 0. The van der Waals surface area contributed by atoms with Crippen molar-refractivity contribution in [3.8, 4) is 0 Å². The zero-order valence-electron chi connectivity index (χ0n) is 11.5. The molecule has 1 amide bonds. The first-order valence-corrected chi connectivity index (χ1v) is 8.31. The predicted octanol–water partition coefficient (Wildman–Crippen LogP) is -0.0503.